The van der Waals surface area contributed by atoms with Gasteiger partial charge in [0.1, 0.15) is 6.07 Å². The number of nitro groups is 1. The fourth-order valence-electron chi connectivity index (χ4n) is 1.35. The molecule has 0 atom stereocenters. The van der Waals surface area contributed by atoms with Crippen molar-refractivity contribution in [2.75, 3.05) is 5.33 Å². The summed E-state index contributed by atoms with van der Waals surface area (Å²) in [6.07, 6.45) is 0. The number of benzene rings is 1. The molecule has 1 aromatic carbocycles. The third-order valence-corrected chi connectivity index (χ3v) is 2.68. The standard InChI is InChI=1S/C10H7BrN2O3/c1-6-8(5-12)7(10(14)4-11)2-3-9(6)13(15)16/h2-3H,4H2,1H3. The summed E-state index contributed by atoms with van der Waals surface area (Å²) in [5, 5.41) is 19.6. The fraction of sp³-hybridized carbons (Fsp3) is 0.200. The molecule has 0 radical (unpaired) electrons. The van der Waals surface area contributed by atoms with Crippen molar-refractivity contribution in [2.45, 2.75) is 6.92 Å². The van der Waals surface area contributed by atoms with Crippen molar-refractivity contribution in [3.05, 3.63) is 38.9 Å². The van der Waals surface area contributed by atoms with Gasteiger partial charge in [0.05, 0.1) is 15.8 Å². The van der Waals surface area contributed by atoms with Gasteiger partial charge >= 0.3 is 0 Å². The second kappa shape index (κ2) is 4.86. The SMILES string of the molecule is Cc1c([N+](=O)[O-])ccc(C(=O)CBr)c1C#N. The van der Waals surface area contributed by atoms with E-state index in [1.54, 1.807) is 0 Å². The highest BCUT2D eigenvalue weighted by Gasteiger charge is 2.20. The van der Waals surface area contributed by atoms with Crippen molar-refractivity contribution in [2.24, 2.45) is 0 Å². The van der Waals surface area contributed by atoms with Crippen LogP contribution in [0.4, 0.5) is 5.69 Å². The van der Waals surface area contributed by atoms with Crippen LogP contribution in [-0.2, 0) is 0 Å². The topological polar surface area (TPSA) is 84.0 Å². The molecule has 0 saturated carbocycles. The lowest BCUT2D eigenvalue weighted by Gasteiger charge is -2.04. The highest BCUT2D eigenvalue weighted by Crippen LogP contribution is 2.24. The lowest BCUT2D eigenvalue weighted by molar-refractivity contribution is -0.385. The molecule has 1 rings (SSSR count). The molecule has 16 heavy (non-hydrogen) atoms. The van der Waals surface area contributed by atoms with Gasteiger partial charge in [0.15, 0.2) is 5.78 Å². The number of nitrogens with zero attached hydrogens (tertiary/aromatic N) is 2. The quantitative estimate of drug-likeness (QED) is 0.369. The Morgan fingerprint density at radius 1 is 1.62 bits per heavy atom. The highest BCUT2D eigenvalue weighted by atomic mass is 79.9. The Labute approximate surface area is 100.0 Å². The minimum Gasteiger partial charge on any atom is -0.293 e. The van der Waals surface area contributed by atoms with Gasteiger partial charge < -0.3 is 0 Å². The number of halogens is 1. The molecule has 0 fully saturated rings. The van der Waals surface area contributed by atoms with Crippen molar-refractivity contribution in [1.82, 2.24) is 0 Å². The van der Waals surface area contributed by atoms with E-state index in [1.807, 2.05) is 6.07 Å². The van der Waals surface area contributed by atoms with Gasteiger partial charge in [0.2, 0.25) is 0 Å². The average molecular weight is 283 g/mol. The van der Waals surface area contributed by atoms with Gasteiger partial charge in [-0.25, -0.2) is 0 Å². The number of carbonyl (C=O) groups excluding carboxylic acids is 1. The smallest absolute Gasteiger partial charge is 0.273 e. The Bertz CT molecular complexity index is 506. The number of nitro benzene ring substituents is 1. The van der Waals surface area contributed by atoms with Gasteiger partial charge in [-0.2, -0.15) is 5.26 Å². The van der Waals surface area contributed by atoms with Crippen LogP contribution in [0.2, 0.25) is 0 Å². The Morgan fingerprint density at radius 2 is 2.25 bits per heavy atom. The molecule has 0 spiro atoms. The lowest BCUT2D eigenvalue weighted by Crippen LogP contribution is -2.06. The van der Waals surface area contributed by atoms with E-state index < -0.39 is 4.92 Å². The maximum atomic E-state index is 11.5. The second-order valence-corrected chi connectivity index (χ2v) is 3.62. The zero-order valence-corrected chi connectivity index (χ0v) is 9.94. The summed E-state index contributed by atoms with van der Waals surface area (Å²) in [6, 6.07) is 4.38. The fourth-order valence-corrected chi connectivity index (χ4v) is 1.65. The van der Waals surface area contributed by atoms with E-state index in [1.165, 1.54) is 19.1 Å². The average Bonchev–Trinajstić information content (AvgIpc) is 2.26. The largest absolute Gasteiger partial charge is 0.293 e. The Kier molecular flexibility index (Phi) is 3.74. The van der Waals surface area contributed by atoms with Crippen molar-refractivity contribution in [3.8, 4) is 6.07 Å². The van der Waals surface area contributed by atoms with E-state index in [9.17, 15) is 14.9 Å². The summed E-state index contributed by atoms with van der Waals surface area (Å²) in [6.45, 7) is 1.46. The van der Waals surface area contributed by atoms with Crippen molar-refractivity contribution >= 4 is 27.4 Å². The molecule has 0 bridgehead atoms. The summed E-state index contributed by atoms with van der Waals surface area (Å²) in [5.41, 5.74) is 0.350. The first kappa shape index (κ1) is 12.3. The maximum Gasteiger partial charge on any atom is 0.273 e. The van der Waals surface area contributed by atoms with Crippen LogP contribution in [0.3, 0.4) is 0 Å². The van der Waals surface area contributed by atoms with Crippen LogP contribution in [0.25, 0.3) is 0 Å². The van der Waals surface area contributed by atoms with Crippen LogP contribution in [0.15, 0.2) is 12.1 Å². The van der Waals surface area contributed by atoms with E-state index in [-0.39, 0.29) is 33.5 Å². The highest BCUT2D eigenvalue weighted by molar-refractivity contribution is 9.09. The molecule has 6 heteroatoms. The van der Waals surface area contributed by atoms with Gasteiger partial charge in [-0.05, 0) is 13.0 Å². The van der Waals surface area contributed by atoms with Crippen LogP contribution in [0.5, 0.6) is 0 Å². The first-order valence-electron chi connectivity index (χ1n) is 4.30. The molecule has 0 aromatic heterocycles. The summed E-state index contributed by atoms with van der Waals surface area (Å²) in [7, 11) is 0. The van der Waals surface area contributed by atoms with Crippen LogP contribution in [0.1, 0.15) is 21.5 Å². The molecule has 5 nitrogen and oxygen atoms in total. The minimum absolute atomic E-state index is 0.0682. The van der Waals surface area contributed by atoms with E-state index in [4.69, 9.17) is 5.26 Å². The Hall–Kier alpha value is -1.74. The maximum absolute atomic E-state index is 11.5. The molecule has 1 aromatic rings. The van der Waals surface area contributed by atoms with Gasteiger partial charge in [0, 0.05) is 17.2 Å². The number of ketones is 1. The van der Waals surface area contributed by atoms with Gasteiger partial charge in [-0.15, -0.1) is 0 Å². The molecule has 0 unspecified atom stereocenters. The van der Waals surface area contributed by atoms with E-state index in [2.05, 4.69) is 15.9 Å². The van der Waals surface area contributed by atoms with Crippen molar-refractivity contribution < 1.29 is 9.72 Å². The Morgan fingerprint density at radius 3 is 2.69 bits per heavy atom. The monoisotopic (exact) mass is 282 g/mol. The van der Waals surface area contributed by atoms with E-state index in [0.717, 1.165) is 0 Å². The molecule has 82 valence electrons. The zero-order chi connectivity index (χ0) is 12.3. The normalized spacial score (nSPS) is 9.56. The molecule has 0 saturated heterocycles. The molecule has 0 amide bonds. The number of hydrogen-bond acceptors (Lipinski definition) is 4. The second-order valence-electron chi connectivity index (χ2n) is 3.06. The third-order valence-electron chi connectivity index (χ3n) is 2.17. The Balaban J connectivity index is 3.48. The summed E-state index contributed by atoms with van der Waals surface area (Å²) >= 11 is 2.99. The zero-order valence-electron chi connectivity index (χ0n) is 8.36. The lowest BCUT2D eigenvalue weighted by atomic mass is 9.99. The molecular formula is C10H7BrN2O3. The number of carbonyl (C=O) groups is 1. The third kappa shape index (κ3) is 2.09. The van der Waals surface area contributed by atoms with E-state index in [0.29, 0.717) is 0 Å². The first-order chi connectivity index (χ1) is 7.52. The van der Waals surface area contributed by atoms with Crippen LogP contribution >= 0.6 is 15.9 Å². The minimum atomic E-state index is -0.571. The summed E-state index contributed by atoms with van der Waals surface area (Å²) < 4.78 is 0. The van der Waals surface area contributed by atoms with Gasteiger partial charge in [0.25, 0.3) is 5.69 Å². The van der Waals surface area contributed by atoms with Gasteiger partial charge in [-0.1, -0.05) is 15.9 Å². The number of rotatable bonds is 3. The molecule has 0 aliphatic carbocycles. The molecule has 0 aliphatic rings. The van der Waals surface area contributed by atoms with E-state index >= 15 is 0 Å². The predicted octanol–water partition coefficient (Wildman–Crippen LogP) is 2.35. The molecule has 0 heterocycles. The number of hydrogen-bond donors (Lipinski definition) is 0. The molecule has 0 aliphatic heterocycles. The molecule has 0 N–H and O–H groups in total. The summed E-state index contributed by atoms with van der Waals surface area (Å²) in [5.74, 6) is -0.269. The number of nitriles is 1. The number of alkyl halides is 1. The van der Waals surface area contributed by atoms with Crippen molar-refractivity contribution in [1.29, 1.82) is 5.26 Å². The molecular weight excluding hydrogens is 276 g/mol. The van der Waals surface area contributed by atoms with Crippen LogP contribution in [0, 0.1) is 28.4 Å². The first-order valence-corrected chi connectivity index (χ1v) is 5.42. The van der Waals surface area contributed by atoms with Crippen molar-refractivity contribution in [3.63, 3.8) is 0 Å². The van der Waals surface area contributed by atoms with Crippen LogP contribution < -0.4 is 0 Å². The van der Waals surface area contributed by atoms with Crippen LogP contribution in [-0.4, -0.2) is 16.0 Å². The number of Topliss-reactive ketones (excluding diaryl/α,β-unsaturated/α-hetero) is 1. The predicted molar refractivity (Wildman–Crippen MR) is 60.7 cm³/mol. The van der Waals surface area contributed by atoms with Gasteiger partial charge in [-0.3, -0.25) is 14.9 Å². The summed E-state index contributed by atoms with van der Waals surface area (Å²) in [4.78, 5) is 21.5.